The zero-order valence-corrected chi connectivity index (χ0v) is 9.28. The molecule has 0 amide bonds. The largest absolute Gasteiger partial charge is 0.490 e. The molecule has 0 unspecified atom stereocenters. The van der Waals surface area contributed by atoms with Crippen LogP contribution < -0.4 is 0 Å². The highest BCUT2D eigenvalue weighted by atomic mass is 19.4. The van der Waals surface area contributed by atoms with Crippen LogP contribution in [0.5, 0.6) is 0 Å². The molecule has 0 atom stereocenters. The summed E-state index contributed by atoms with van der Waals surface area (Å²) in [6.45, 7) is 4.98. The number of carbonyl (C=O) groups excluding carboxylic acids is 1. The van der Waals surface area contributed by atoms with Crippen molar-refractivity contribution in [2.75, 3.05) is 0 Å². The Labute approximate surface area is 87.8 Å². The van der Waals surface area contributed by atoms with E-state index in [1.165, 1.54) is 13.8 Å². The first kappa shape index (κ1) is 14.3. The van der Waals surface area contributed by atoms with E-state index in [0.717, 1.165) is 19.3 Å². The topological polar surface area (TPSA) is 26.3 Å². The van der Waals surface area contributed by atoms with Crippen molar-refractivity contribution in [1.82, 2.24) is 0 Å². The lowest BCUT2D eigenvalue weighted by atomic mass is 10.0. The Morgan fingerprint density at radius 1 is 1.20 bits per heavy atom. The highest BCUT2D eigenvalue weighted by Crippen LogP contribution is 2.24. The number of hydrogen-bond acceptors (Lipinski definition) is 2. The van der Waals surface area contributed by atoms with Crippen LogP contribution in [0.3, 0.4) is 0 Å². The molecule has 0 aliphatic rings. The molecule has 0 radical (unpaired) electrons. The summed E-state index contributed by atoms with van der Waals surface area (Å²) in [6.07, 6.45) is -1.80. The lowest BCUT2D eigenvalue weighted by molar-refractivity contribution is -0.212. The summed E-state index contributed by atoms with van der Waals surface area (Å²) in [4.78, 5) is 10.6. The number of halogens is 3. The third kappa shape index (κ3) is 6.36. The standard InChI is InChI=1S/C10H17F3O2/c1-4-5-6-7-9(2,3)15-8(14)10(11,12)13/h4-7H2,1-3H3. The van der Waals surface area contributed by atoms with Gasteiger partial charge in [0.05, 0.1) is 0 Å². The van der Waals surface area contributed by atoms with Gasteiger partial charge >= 0.3 is 12.1 Å². The van der Waals surface area contributed by atoms with Crippen LogP contribution in [-0.4, -0.2) is 17.7 Å². The van der Waals surface area contributed by atoms with E-state index in [4.69, 9.17) is 0 Å². The van der Waals surface area contributed by atoms with E-state index < -0.39 is 17.7 Å². The molecule has 5 heteroatoms. The van der Waals surface area contributed by atoms with Gasteiger partial charge in [0.2, 0.25) is 0 Å². The fraction of sp³-hybridized carbons (Fsp3) is 0.900. The van der Waals surface area contributed by atoms with Crippen LogP contribution >= 0.6 is 0 Å². The van der Waals surface area contributed by atoms with E-state index in [2.05, 4.69) is 4.74 Å². The minimum absolute atomic E-state index is 0.447. The van der Waals surface area contributed by atoms with Crippen LogP contribution in [0.4, 0.5) is 13.2 Å². The molecular weight excluding hydrogens is 209 g/mol. The Morgan fingerprint density at radius 2 is 1.73 bits per heavy atom. The predicted molar refractivity (Wildman–Crippen MR) is 50.4 cm³/mol. The first-order valence-electron chi connectivity index (χ1n) is 4.99. The number of unbranched alkanes of at least 4 members (excludes halogenated alkanes) is 2. The van der Waals surface area contributed by atoms with Gasteiger partial charge in [0, 0.05) is 0 Å². The quantitative estimate of drug-likeness (QED) is 0.530. The Hall–Kier alpha value is -0.740. The molecule has 0 heterocycles. The summed E-state index contributed by atoms with van der Waals surface area (Å²) in [6, 6.07) is 0. The molecule has 2 nitrogen and oxygen atoms in total. The third-order valence-corrected chi connectivity index (χ3v) is 1.98. The zero-order valence-electron chi connectivity index (χ0n) is 9.28. The highest BCUT2D eigenvalue weighted by molar-refractivity contribution is 5.76. The smallest absolute Gasteiger partial charge is 0.453 e. The van der Waals surface area contributed by atoms with Crippen molar-refractivity contribution in [1.29, 1.82) is 0 Å². The molecule has 0 aliphatic carbocycles. The van der Waals surface area contributed by atoms with Crippen molar-refractivity contribution < 1.29 is 22.7 Å². The van der Waals surface area contributed by atoms with E-state index in [9.17, 15) is 18.0 Å². The average molecular weight is 226 g/mol. The molecule has 0 N–H and O–H groups in total. The van der Waals surface area contributed by atoms with E-state index in [1.54, 1.807) is 0 Å². The Morgan fingerprint density at radius 3 is 2.13 bits per heavy atom. The van der Waals surface area contributed by atoms with Crippen LogP contribution in [0.25, 0.3) is 0 Å². The maximum absolute atomic E-state index is 11.9. The van der Waals surface area contributed by atoms with Crippen molar-refractivity contribution in [2.45, 2.75) is 58.2 Å². The molecule has 0 aliphatic heterocycles. The summed E-state index contributed by atoms with van der Waals surface area (Å²) in [7, 11) is 0. The number of rotatable bonds is 5. The third-order valence-electron chi connectivity index (χ3n) is 1.98. The number of ether oxygens (including phenoxy) is 1. The molecule has 0 aromatic heterocycles. The molecular formula is C10H17F3O2. The van der Waals surface area contributed by atoms with Crippen LogP contribution in [0, 0.1) is 0 Å². The van der Waals surface area contributed by atoms with Crippen molar-refractivity contribution in [3.8, 4) is 0 Å². The molecule has 15 heavy (non-hydrogen) atoms. The van der Waals surface area contributed by atoms with Gasteiger partial charge < -0.3 is 4.74 Å². The van der Waals surface area contributed by atoms with Gasteiger partial charge in [-0.3, -0.25) is 0 Å². The summed E-state index contributed by atoms with van der Waals surface area (Å²) in [5.41, 5.74) is -1.04. The van der Waals surface area contributed by atoms with E-state index in [-0.39, 0.29) is 0 Å². The second kappa shape index (κ2) is 5.37. The molecule has 0 bridgehead atoms. The van der Waals surface area contributed by atoms with Crippen molar-refractivity contribution in [3.05, 3.63) is 0 Å². The maximum Gasteiger partial charge on any atom is 0.490 e. The summed E-state index contributed by atoms with van der Waals surface area (Å²) in [5, 5.41) is 0. The fourth-order valence-electron chi connectivity index (χ4n) is 1.16. The van der Waals surface area contributed by atoms with Crippen LogP contribution in [0.2, 0.25) is 0 Å². The second-order valence-corrected chi connectivity index (χ2v) is 4.10. The van der Waals surface area contributed by atoms with Crippen LogP contribution in [-0.2, 0) is 9.53 Å². The second-order valence-electron chi connectivity index (χ2n) is 4.10. The number of carbonyl (C=O) groups is 1. The Bertz CT molecular complexity index is 209. The van der Waals surface area contributed by atoms with E-state index in [1.807, 2.05) is 6.92 Å². The fourth-order valence-corrected chi connectivity index (χ4v) is 1.16. The normalized spacial score (nSPS) is 12.7. The summed E-state index contributed by atoms with van der Waals surface area (Å²) >= 11 is 0. The highest BCUT2D eigenvalue weighted by Gasteiger charge is 2.43. The number of alkyl halides is 3. The average Bonchev–Trinajstić information content (AvgIpc) is 2.01. The van der Waals surface area contributed by atoms with Crippen molar-refractivity contribution in [3.63, 3.8) is 0 Å². The summed E-state index contributed by atoms with van der Waals surface area (Å²) < 4.78 is 40.1. The number of esters is 1. The van der Waals surface area contributed by atoms with Crippen LogP contribution in [0.1, 0.15) is 46.5 Å². The van der Waals surface area contributed by atoms with Crippen molar-refractivity contribution in [2.24, 2.45) is 0 Å². The van der Waals surface area contributed by atoms with Gasteiger partial charge in [0.25, 0.3) is 0 Å². The summed E-state index contributed by atoms with van der Waals surface area (Å²) in [5.74, 6) is -2.11. The minimum atomic E-state index is -4.90. The maximum atomic E-state index is 11.9. The molecule has 0 spiro atoms. The Kier molecular flexibility index (Phi) is 5.11. The predicted octanol–water partition coefficient (Wildman–Crippen LogP) is 3.45. The lowest BCUT2D eigenvalue weighted by Crippen LogP contribution is -2.35. The van der Waals surface area contributed by atoms with Gasteiger partial charge in [-0.15, -0.1) is 0 Å². The van der Waals surface area contributed by atoms with Gasteiger partial charge in [-0.1, -0.05) is 19.8 Å². The molecule has 0 aromatic carbocycles. The van der Waals surface area contributed by atoms with E-state index >= 15 is 0 Å². The minimum Gasteiger partial charge on any atom is -0.453 e. The molecule has 0 rings (SSSR count). The molecule has 0 saturated heterocycles. The molecule has 0 aromatic rings. The Balaban J connectivity index is 4.08. The zero-order chi connectivity index (χ0) is 12.1. The molecule has 0 fully saturated rings. The lowest BCUT2D eigenvalue weighted by Gasteiger charge is -2.25. The van der Waals surface area contributed by atoms with Gasteiger partial charge in [-0.05, 0) is 26.7 Å². The molecule has 90 valence electrons. The van der Waals surface area contributed by atoms with Gasteiger partial charge in [0.1, 0.15) is 5.60 Å². The van der Waals surface area contributed by atoms with Crippen LogP contribution in [0.15, 0.2) is 0 Å². The van der Waals surface area contributed by atoms with Gasteiger partial charge in [-0.25, -0.2) is 4.79 Å². The van der Waals surface area contributed by atoms with Gasteiger partial charge in [0.15, 0.2) is 0 Å². The van der Waals surface area contributed by atoms with Gasteiger partial charge in [-0.2, -0.15) is 13.2 Å². The molecule has 0 saturated carbocycles. The first-order chi connectivity index (χ1) is 6.69. The SMILES string of the molecule is CCCCCC(C)(C)OC(=O)C(F)(F)F. The van der Waals surface area contributed by atoms with Crippen molar-refractivity contribution >= 4 is 5.97 Å². The number of hydrogen-bond donors (Lipinski definition) is 0. The van der Waals surface area contributed by atoms with E-state index in [0.29, 0.717) is 6.42 Å². The first-order valence-corrected chi connectivity index (χ1v) is 4.99. The monoisotopic (exact) mass is 226 g/mol.